The van der Waals surface area contributed by atoms with Crippen LogP contribution in [0.1, 0.15) is 12.8 Å². The van der Waals surface area contributed by atoms with Gasteiger partial charge in [0.25, 0.3) is 5.91 Å². The van der Waals surface area contributed by atoms with E-state index in [2.05, 4.69) is 10.1 Å². The van der Waals surface area contributed by atoms with Crippen molar-refractivity contribution in [3.05, 3.63) is 59.4 Å². The van der Waals surface area contributed by atoms with Crippen molar-refractivity contribution in [1.82, 2.24) is 15.0 Å². The fourth-order valence-electron chi connectivity index (χ4n) is 2.62. The highest BCUT2D eigenvalue weighted by Gasteiger charge is 2.22. The summed E-state index contributed by atoms with van der Waals surface area (Å²) in [5.74, 6) is 1.50. The number of benzene rings is 2. The van der Waals surface area contributed by atoms with Gasteiger partial charge in [0.05, 0.1) is 18.7 Å². The minimum absolute atomic E-state index is 0.149. The Morgan fingerprint density at radius 1 is 1.18 bits per heavy atom. The van der Waals surface area contributed by atoms with Crippen LogP contribution >= 0.6 is 11.6 Å². The van der Waals surface area contributed by atoms with Crippen LogP contribution in [-0.2, 0) is 11.3 Å². The first-order valence-electron chi connectivity index (χ1n) is 8.61. The number of rotatable bonds is 7. The monoisotopic (exact) mass is 401 g/mol. The maximum Gasteiger partial charge on any atom is 0.263 e. The van der Waals surface area contributed by atoms with Crippen LogP contribution in [-0.4, -0.2) is 41.2 Å². The van der Waals surface area contributed by atoms with Gasteiger partial charge in [-0.15, -0.1) is 0 Å². The number of carbonyl (C=O) groups is 1. The number of likely N-dealkylation sites (N-methyl/N-ethyl adjacent to an activating group) is 1. The highest BCUT2D eigenvalue weighted by atomic mass is 35.5. The molecule has 1 amide bonds. The number of hydrogen-bond donors (Lipinski definition) is 0. The minimum Gasteiger partial charge on any atom is -0.493 e. The molecule has 0 radical (unpaired) electrons. The van der Waals surface area contributed by atoms with Crippen molar-refractivity contribution in [1.29, 1.82) is 0 Å². The number of methoxy groups -OCH3 is 1. The van der Waals surface area contributed by atoms with Gasteiger partial charge in [-0.25, -0.2) is 0 Å². The number of aromatic nitrogens is 2. The van der Waals surface area contributed by atoms with Crippen LogP contribution in [0.5, 0.6) is 11.5 Å². The molecule has 1 heterocycles. The highest BCUT2D eigenvalue weighted by molar-refractivity contribution is 6.33. The first-order chi connectivity index (χ1) is 13.5. The normalized spacial score (nSPS) is 11.7. The average molecular weight is 402 g/mol. The van der Waals surface area contributed by atoms with Gasteiger partial charge in [-0.05, 0) is 31.2 Å². The summed E-state index contributed by atoms with van der Waals surface area (Å²) in [5, 5.41) is 4.46. The van der Waals surface area contributed by atoms with Gasteiger partial charge in [0.15, 0.2) is 17.6 Å². The Labute approximate surface area is 167 Å². The first kappa shape index (κ1) is 19.7. The van der Waals surface area contributed by atoms with Crippen molar-refractivity contribution in [3.8, 4) is 22.9 Å². The predicted octanol–water partition coefficient (Wildman–Crippen LogP) is 3.82. The van der Waals surface area contributed by atoms with E-state index in [1.165, 1.54) is 4.90 Å². The molecule has 1 unspecified atom stereocenters. The summed E-state index contributed by atoms with van der Waals surface area (Å²) >= 11 is 6.15. The average Bonchev–Trinajstić information content (AvgIpc) is 3.16. The number of hydrogen-bond acceptors (Lipinski definition) is 6. The maximum atomic E-state index is 12.6. The standard InChI is InChI=1S/C20H20ClN3O4/c1-13(27-17-11-7-6-10-16(17)26-3)20(25)24(2)12-18-22-19(23-28-18)14-8-4-5-9-15(14)21/h4-11,13H,12H2,1-3H3. The van der Waals surface area contributed by atoms with Gasteiger partial charge in [0.2, 0.25) is 11.7 Å². The summed E-state index contributed by atoms with van der Waals surface area (Å²) < 4.78 is 16.2. The van der Waals surface area contributed by atoms with Crippen LogP contribution in [0.3, 0.4) is 0 Å². The molecule has 0 fully saturated rings. The first-order valence-corrected chi connectivity index (χ1v) is 8.99. The Morgan fingerprint density at radius 2 is 1.86 bits per heavy atom. The maximum absolute atomic E-state index is 12.6. The van der Waals surface area contributed by atoms with E-state index in [0.717, 1.165) is 0 Å². The zero-order valence-corrected chi connectivity index (χ0v) is 16.5. The van der Waals surface area contributed by atoms with Gasteiger partial charge in [0, 0.05) is 12.6 Å². The molecule has 0 spiro atoms. The Hall–Kier alpha value is -3.06. The lowest BCUT2D eigenvalue weighted by atomic mass is 10.2. The molecule has 0 bridgehead atoms. The number of amides is 1. The molecular formula is C20H20ClN3O4. The molecule has 28 heavy (non-hydrogen) atoms. The molecule has 7 nitrogen and oxygen atoms in total. The Kier molecular flexibility index (Phi) is 6.16. The zero-order chi connectivity index (χ0) is 20.1. The van der Waals surface area contributed by atoms with E-state index in [1.807, 2.05) is 24.3 Å². The summed E-state index contributed by atoms with van der Waals surface area (Å²) in [5.41, 5.74) is 0.668. The third-order valence-corrected chi connectivity index (χ3v) is 4.38. The smallest absolute Gasteiger partial charge is 0.263 e. The van der Waals surface area contributed by atoms with E-state index in [1.54, 1.807) is 45.3 Å². The Bertz CT molecular complexity index is 960. The van der Waals surface area contributed by atoms with Crippen LogP contribution in [0.4, 0.5) is 0 Å². The molecule has 0 saturated carbocycles. The summed E-state index contributed by atoms with van der Waals surface area (Å²) in [6.45, 7) is 1.82. The third-order valence-electron chi connectivity index (χ3n) is 4.05. The molecule has 1 atom stereocenters. The lowest BCUT2D eigenvalue weighted by Crippen LogP contribution is -2.37. The largest absolute Gasteiger partial charge is 0.493 e. The van der Waals surface area contributed by atoms with Crippen LogP contribution in [0.25, 0.3) is 11.4 Å². The van der Waals surface area contributed by atoms with E-state index in [9.17, 15) is 4.79 Å². The SMILES string of the molecule is COc1ccccc1OC(C)C(=O)N(C)Cc1nc(-c2ccccc2Cl)no1. The molecule has 146 valence electrons. The fourth-order valence-corrected chi connectivity index (χ4v) is 2.84. The van der Waals surface area contributed by atoms with Crippen LogP contribution in [0, 0.1) is 0 Å². The second-order valence-electron chi connectivity index (χ2n) is 6.10. The molecule has 3 aromatic rings. The summed E-state index contributed by atoms with van der Waals surface area (Å²) in [7, 11) is 3.19. The van der Waals surface area contributed by atoms with Gasteiger partial charge in [-0.3, -0.25) is 4.79 Å². The van der Waals surface area contributed by atoms with Gasteiger partial charge >= 0.3 is 0 Å². The second kappa shape index (κ2) is 8.75. The molecule has 2 aromatic carbocycles. The van der Waals surface area contributed by atoms with Crippen molar-refractivity contribution >= 4 is 17.5 Å². The van der Waals surface area contributed by atoms with Crippen molar-refractivity contribution in [2.45, 2.75) is 19.6 Å². The second-order valence-corrected chi connectivity index (χ2v) is 6.50. The molecule has 0 aliphatic heterocycles. The van der Waals surface area contributed by atoms with Crippen molar-refractivity contribution in [3.63, 3.8) is 0 Å². The van der Waals surface area contributed by atoms with Gasteiger partial charge < -0.3 is 18.9 Å². The quantitative estimate of drug-likeness (QED) is 0.598. The number of carbonyl (C=O) groups excluding carboxylic acids is 1. The zero-order valence-electron chi connectivity index (χ0n) is 15.8. The van der Waals surface area contributed by atoms with Crippen molar-refractivity contribution in [2.75, 3.05) is 14.2 Å². The molecule has 0 saturated heterocycles. The van der Waals surface area contributed by atoms with Crippen LogP contribution < -0.4 is 9.47 Å². The number of halogens is 1. The Morgan fingerprint density at radius 3 is 2.57 bits per heavy atom. The molecule has 0 aliphatic rings. The van der Waals surface area contributed by atoms with E-state index in [0.29, 0.717) is 33.8 Å². The minimum atomic E-state index is -0.716. The molecule has 1 aromatic heterocycles. The highest BCUT2D eigenvalue weighted by Crippen LogP contribution is 2.27. The Balaban J connectivity index is 1.65. The van der Waals surface area contributed by atoms with E-state index < -0.39 is 6.10 Å². The molecule has 8 heteroatoms. The van der Waals surface area contributed by atoms with Gasteiger partial charge in [-0.2, -0.15) is 4.98 Å². The summed E-state index contributed by atoms with van der Waals surface area (Å²) in [4.78, 5) is 18.4. The third kappa shape index (κ3) is 4.43. The van der Waals surface area contributed by atoms with Crippen LogP contribution in [0.2, 0.25) is 5.02 Å². The van der Waals surface area contributed by atoms with Crippen LogP contribution in [0.15, 0.2) is 53.1 Å². The number of ether oxygens (including phenoxy) is 2. The predicted molar refractivity (Wildman–Crippen MR) is 104 cm³/mol. The number of nitrogens with zero attached hydrogens (tertiary/aromatic N) is 3. The van der Waals surface area contributed by atoms with Crippen molar-refractivity contribution < 1.29 is 18.8 Å². The lowest BCUT2D eigenvalue weighted by Gasteiger charge is -2.21. The van der Waals surface area contributed by atoms with E-state index in [4.69, 9.17) is 25.6 Å². The van der Waals surface area contributed by atoms with Gasteiger partial charge in [-0.1, -0.05) is 41.0 Å². The molecular weight excluding hydrogens is 382 g/mol. The van der Waals surface area contributed by atoms with E-state index in [-0.39, 0.29) is 12.5 Å². The topological polar surface area (TPSA) is 77.7 Å². The molecule has 0 N–H and O–H groups in total. The summed E-state index contributed by atoms with van der Waals surface area (Å²) in [6, 6.07) is 14.4. The molecule has 0 aliphatic carbocycles. The van der Waals surface area contributed by atoms with Gasteiger partial charge in [0.1, 0.15) is 0 Å². The lowest BCUT2D eigenvalue weighted by molar-refractivity contribution is -0.137. The molecule has 3 rings (SSSR count). The summed E-state index contributed by atoms with van der Waals surface area (Å²) in [6.07, 6.45) is -0.716. The number of para-hydroxylation sites is 2. The fraction of sp³-hybridized carbons (Fsp3) is 0.250. The van der Waals surface area contributed by atoms with E-state index >= 15 is 0 Å². The van der Waals surface area contributed by atoms with Crippen molar-refractivity contribution in [2.24, 2.45) is 0 Å².